The van der Waals surface area contributed by atoms with Crippen LogP contribution in [0.1, 0.15) is 53.9 Å². The summed E-state index contributed by atoms with van der Waals surface area (Å²) in [6.45, 7) is 0. The zero-order valence-electron chi connectivity index (χ0n) is 18.3. The van der Waals surface area contributed by atoms with E-state index in [0.717, 1.165) is 5.56 Å². The number of nitrogens with one attached hydrogen (secondary N) is 1. The van der Waals surface area contributed by atoms with E-state index in [9.17, 15) is 13.2 Å². The second-order valence-electron chi connectivity index (χ2n) is 8.16. The first-order valence-electron chi connectivity index (χ1n) is 10.9. The molecule has 7 nitrogen and oxygen atoms in total. The Labute approximate surface area is 193 Å². The van der Waals surface area contributed by atoms with Gasteiger partial charge >= 0.3 is 5.97 Å². The largest absolute Gasteiger partial charge is 0.495 e. The fraction of sp³-hybridized carbons (Fsp3) is 0.280. The van der Waals surface area contributed by atoms with Crippen molar-refractivity contribution in [3.05, 3.63) is 71.9 Å². The molecule has 4 rings (SSSR count). The molecule has 33 heavy (non-hydrogen) atoms. The highest BCUT2D eigenvalue weighted by molar-refractivity contribution is 7.92. The number of hydrogen-bond acceptors (Lipinski definition) is 5. The molecule has 0 radical (unpaired) electrons. The smallest absolute Gasteiger partial charge is 0.335 e. The van der Waals surface area contributed by atoms with Crippen LogP contribution >= 0.6 is 0 Å². The topological polar surface area (TPSA) is 106 Å². The summed E-state index contributed by atoms with van der Waals surface area (Å²) in [7, 11) is -2.60. The maximum atomic E-state index is 12.8. The van der Waals surface area contributed by atoms with Gasteiger partial charge < -0.3 is 9.84 Å². The van der Waals surface area contributed by atoms with Crippen molar-refractivity contribution in [1.29, 1.82) is 0 Å². The molecule has 0 amide bonds. The summed E-state index contributed by atoms with van der Waals surface area (Å²) in [6, 6.07) is 15.5. The van der Waals surface area contributed by atoms with E-state index >= 15 is 0 Å². The number of aromatic nitrogens is 1. The fourth-order valence-electron chi connectivity index (χ4n) is 4.18. The van der Waals surface area contributed by atoms with Crippen LogP contribution in [-0.2, 0) is 10.0 Å². The summed E-state index contributed by atoms with van der Waals surface area (Å²) in [4.78, 5) is 15.5. The summed E-state index contributed by atoms with van der Waals surface area (Å²) in [6.07, 6.45) is 7.68. The van der Waals surface area contributed by atoms with Crippen molar-refractivity contribution in [2.75, 3.05) is 11.8 Å². The molecule has 1 aliphatic rings. The highest BCUT2D eigenvalue weighted by atomic mass is 32.2. The lowest BCUT2D eigenvalue weighted by Crippen LogP contribution is -2.14. The van der Waals surface area contributed by atoms with Gasteiger partial charge in [0.15, 0.2) is 0 Å². The predicted molar refractivity (Wildman–Crippen MR) is 126 cm³/mol. The van der Waals surface area contributed by atoms with Crippen LogP contribution in [0, 0.1) is 0 Å². The number of aromatic carboxylic acids is 1. The first kappa shape index (κ1) is 22.8. The minimum absolute atomic E-state index is 0.00433. The first-order valence-corrected chi connectivity index (χ1v) is 12.4. The van der Waals surface area contributed by atoms with E-state index < -0.39 is 16.0 Å². The molecule has 0 atom stereocenters. The van der Waals surface area contributed by atoms with Crippen LogP contribution in [0.15, 0.2) is 65.7 Å². The van der Waals surface area contributed by atoms with E-state index in [4.69, 9.17) is 9.84 Å². The van der Waals surface area contributed by atoms with E-state index in [-0.39, 0.29) is 21.9 Å². The second kappa shape index (κ2) is 9.62. The molecule has 1 aromatic heterocycles. The Morgan fingerprint density at radius 2 is 1.76 bits per heavy atom. The van der Waals surface area contributed by atoms with Gasteiger partial charge in [0.2, 0.25) is 0 Å². The second-order valence-corrected chi connectivity index (χ2v) is 9.84. The zero-order valence-corrected chi connectivity index (χ0v) is 19.1. The minimum atomic E-state index is -3.94. The Balaban J connectivity index is 1.51. The Bertz CT molecular complexity index is 1230. The maximum absolute atomic E-state index is 12.8. The number of carboxylic acids is 1. The Hall–Kier alpha value is -3.39. The number of ether oxygens (including phenoxy) is 1. The summed E-state index contributed by atoms with van der Waals surface area (Å²) in [5.41, 5.74) is 3.11. The maximum Gasteiger partial charge on any atom is 0.335 e. The Morgan fingerprint density at radius 1 is 1.03 bits per heavy atom. The van der Waals surface area contributed by atoms with Crippen LogP contribution in [0.3, 0.4) is 0 Å². The van der Waals surface area contributed by atoms with Gasteiger partial charge in [-0.3, -0.25) is 9.71 Å². The van der Waals surface area contributed by atoms with Crippen LogP contribution in [-0.4, -0.2) is 31.6 Å². The van der Waals surface area contributed by atoms with Crippen LogP contribution in [0.4, 0.5) is 5.69 Å². The van der Waals surface area contributed by atoms with Gasteiger partial charge in [-0.25, -0.2) is 13.2 Å². The molecule has 1 aliphatic carbocycles. The number of pyridine rings is 1. The van der Waals surface area contributed by atoms with Crippen molar-refractivity contribution in [3.63, 3.8) is 0 Å². The molecule has 172 valence electrons. The van der Waals surface area contributed by atoms with Crippen molar-refractivity contribution < 1.29 is 23.1 Å². The molecule has 0 saturated heterocycles. The molecule has 0 bridgehead atoms. The molecule has 1 fully saturated rings. The standard InChI is InChI=1S/C25H26N2O5S/c1-32-24-15-20(25(28)29)11-13-23(24)27-33(30,31)21-12-14-22(26-16-21)19-9-7-18(8-10-19)17-5-3-2-4-6-17/h7-17,27H,2-6H2,1H3,(H,28,29). The summed E-state index contributed by atoms with van der Waals surface area (Å²) in [5.74, 6) is -0.392. The van der Waals surface area contributed by atoms with E-state index in [1.807, 2.05) is 12.1 Å². The normalized spacial score (nSPS) is 14.6. The highest BCUT2D eigenvalue weighted by Crippen LogP contribution is 2.33. The molecule has 0 unspecified atom stereocenters. The van der Waals surface area contributed by atoms with Gasteiger partial charge in [0.25, 0.3) is 10.0 Å². The number of methoxy groups -OCH3 is 1. The van der Waals surface area contributed by atoms with Gasteiger partial charge in [-0.15, -0.1) is 0 Å². The fourth-order valence-corrected chi connectivity index (χ4v) is 5.20. The Kier molecular flexibility index (Phi) is 6.65. The molecule has 2 N–H and O–H groups in total. The van der Waals surface area contributed by atoms with Crippen LogP contribution in [0.2, 0.25) is 0 Å². The Morgan fingerprint density at radius 3 is 2.36 bits per heavy atom. The third kappa shape index (κ3) is 5.17. The van der Waals surface area contributed by atoms with Gasteiger partial charge in [-0.1, -0.05) is 43.5 Å². The zero-order chi connectivity index (χ0) is 23.4. The van der Waals surface area contributed by atoms with Crippen LogP contribution < -0.4 is 9.46 Å². The summed E-state index contributed by atoms with van der Waals surface area (Å²) < 4.78 is 33.2. The lowest BCUT2D eigenvalue weighted by Gasteiger charge is -2.22. The minimum Gasteiger partial charge on any atom is -0.495 e. The van der Waals surface area contributed by atoms with Crippen molar-refractivity contribution >= 4 is 21.7 Å². The highest BCUT2D eigenvalue weighted by Gasteiger charge is 2.19. The number of rotatable bonds is 7. The SMILES string of the molecule is COc1cc(C(=O)O)ccc1NS(=O)(=O)c1ccc(-c2ccc(C3CCCCC3)cc2)nc1. The van der Waals surface area contributed by atoms with Crippen molar-refractivity contribution in [3.8, 4) is 17.0 Å². The number of benzene rings is 2. The number of carboxylic acid groups (broad SMARTS) is 1. The van der Waals surface area contributed by atoms with E-state index in [2.05, 4.69) is 21.8 Å². The molecular formula is C25H26N2O5S. The molecule has 0 spiro atoms. The molecule has 3 aromatic rings. The van der Waals surface area contributed by atoms with E-state index in [1.165, 1.54) is 75.2 Å². The van der Waals surface area contributed by atoms with Crippen LogP contribution in [0.25, 0.3) is 11.3 Å². The van der Waals surface area contributed by atoms with Crippen molar-refractivity contribution in [2.24, 2.45) is 0 Å². The molecule has 1 saturated carbocycles. The van der Waals surface area contributed by atoms with Crippen molar-refractivity contribution in [2.45, 2.75) is 42.9 Å². The van der Waals surface area contributed by atoms with Crippen molar-refractivity contribution in [1.82, 2.24) is 4.98 Å². The monoisotopic (exact) mass is 466 g/mol. The van der Waals surface area contributed by atoms with Gasteiger partial charge in [-0.2, -0.15) is 0 Å². The van der Waals surface area contributed by atoms with E-state index in [1.54, 1.807) is 6.07 Å². The number of sulfonamides is 1. The number of nitrogens with zero attached hydrogens (tertiary/aromatic N) is 1. The average Bonchev–Trinajstić information content (AvgIpc) is 2.84. The number of anilines is 1. The lowest BCUT2D eigenvalue weighted by atomic mass is 9.84. The van der Waals surface area contributed by atoms with Crippen LogP contribution in [0.5, 0.6) is 5.75 Å². The number of carbonyl (C=O) groups is 1. The number of hydrogen-bond donors (Lipinski definition) is 2. The molecule has 8 heteroatoms. The third-order valence-corrected chi connectivity index (χ3v) is 7.37. The predicted octanol–water partition coefficient (Wildman–Crippen LogP) is 5.30. The van der Waals surface area contributed by atoms with E-state index in [0.29, 0.717) is 11.6 Å². The van der Waals surface area contributed by atoms with Gasteiger partial charge in [0, 0.05) is 11.8 Å². The quantitative estimate of drug-likeness (QED) is 0.489. The molecule has 2 aromatic carbocycles. The van der Waals surface area contributed by atoms with Gasteiger partial charge in [0.1, 0.15) is 10.6 Å². The van der Waals surface area contributed by atoms with Gasteiger partial charge in [0.05, 0.1) is 24.1 Å². The molecule has 1 heterocycles. The first-order chi connectivity index (χ1) is 15.9. The van der Waals surface area contributed by atoms with Gasteiger partial charge in [-0.05, 0) is 54.7 Å². The third-order valence-electron chi connectivity index (χ3n) is 6.02. The molecular weight excluding hydrogens is 440 g/mol. The lowest BCUT2D eigenvalue weighted by molar-refractivity contribution is 0.0696. The molecule has 0 aliphatic heterocycles. The average molecular weight is 467 g/mol. The summed E-state index contributed by atoms with van der Waals surface area (Å²) in [5, 5.41) is 9.11. The summed E-state index contributed by atoms with van der Waals surface area (Å²) >= 11 is 0.